The molecule has 0 aromatic carbocycles. The quantitative estimate of drug-likeness (QED) is 0.757. The summed E-state index contributed by atoms with van der Waals surface area (Å²) in [6.07, 6.45) is 7.24. The van der Waals surface area contributed by atoms with Gasteiger partial charge in [0.1, 0.15) is 11.5 Å². The van der Waals surface area contributed by atoms with E-state index in [1.807, 2.05) is 23.1 Å². The van der Waals surface area contributed by atoms with Crippen LogP contribution in [0.1, 0.15) is 29.0 Å². The molecule has 2 aliphatic rings. The molecule has 1 atom stereocenters. The zero-order valence-electron chi connectivity index (χ0n) is 16.9. The lowest BCUT2D eigenvalue weighted by molar-refractivity contribution is 0.0297. The molecule has 1 unspecified atom stereocenters. The summed E-state index contributed by atoms with van der Waals surface area (Å²) in [6, 6.07) is 5.85. The summed E-state index contributed by atoms with van der Waals surface area (Å²) in [6.45, 7) is 5.38. The van der Waals surface area contributed by atoms with Crippen molar-refractivity contribution in [2.45, 2.75) is 25.6 Å². The first-order chi connectivity index (χ1) is 14.2. The van der Waals surface area contributed by atoms with Gasteiger partial charge in [-0.25, -0.2) is 4.98 Å². The molecule has 0 saturated carbocycles. The first kappa shape index (κ1) is 19.7. The first-order valence-corrected chi connectivity index (χ1v) is 10.3. The second-order valence-corrected chi connectivity index (χ2v) is 7.70. The number of anilines is 1. The average molecular weight is 396 g/mol. The number of carbonyl (C=O) groups excluding carboxylic acids is 1. The Kier molecular flexibility index (Phi) is 6.31. The van der Waals surface area contributed by atoms with Crippen LogP contribution in [-0.4, -0.2) is 83.1 Å². The number of likely N-dealkylation sites (N-methyl/N-ethyl adjacent to an activating group) is 1. The molecular formula is C21H28N6O2. The third-order valence-electron chi connectivity index (χ3n) is 5.53. The van der Waals surface area contributed by atoms with Gasteiger partial charge in [-0.3, -0.25) is 14.8 Å². The summed E-state index contributed by atoms with van der Waals surface area (Å²) in [5.74, 6) is 0.712. The SMILES string of the molecule is CN1CCN(C(=O)c2cncc(N3CCCC(OCc4ccccn4)C3)n2)CC1. The number of nitrogens with zero attached hydrogens (tertiary/aromatic N) is 6. The van der Waals surface area contributed by atoms with Crippen LogP contribution in [-0.2, 0) is 11.3 Å². The Morgan fingerprint density at radius 1 is 1.17 bits per heavy atom. The number of carbonyl (C=O) groups is 1. The molecule has 4 heterocycles. The fraction of sp³-hybridized carbons (Fsp3) is 0.524. The number of aromatic nitrogens is 3. The maximum absolute atomic E-state index is 12.8. The Hall–Kier alpha value is -2.58. The van der Waals surface area contributed by atoms with Crippen LogP contribution in [0.5, 0.6) is 0 Å². The molecule has 2 aromatic heterocycles. The molecule has 8 nitrogen and oxygen atoms in total. The summed E-state index contributed by atoms with van der Waals surface area (Å²) in [7, 11) is 2.07. The molecule has 2 saturated heterocycles. The first-order valence-electron chi connectivity index (χ1n) is 10.3. The van der Waals surface area contributed by atoms with Crippen LogP contribution in [0.25, 0.3) is 0 Å². The molecule has 0 bridgehead atoms. The van der Waals surface area contributed by atoms with Crippen molar-refractivity contribution in [1.82, 2.24) is 24.8 Å². The van der Waals surface area contributed by atoms with E-state index >= 15 is 0 Å². The predicted octanol–water partition coefficient (Wildman–Crippen LogP) is 1.44. The highest BCUT2D eigenvalue weighted by atomic mass is 16.5. The van der Waals surface area contributed by atoms with Crippen molar-refractivity contribution in [3.05, 3.63) is 48.2 Å². The van der Waals surface area contributed by atoms with Gasteiger partial charge in [-0.1, -0.05) is 6.07 Å². The summed E-state index contributed by atoms with van der Waals surface area (Å²) >= 11 is 0. The van der Waals surface area contributed by atoms with Crippen LogP contribution in [0.4, 0.5) is 5.82 Å². The third-order valence-corrected chi connectivity index (χ3v) is 5.53. The van der Waals surface area contributed by atoms with E-state index in [2.05, 4.69) is 31.8 Å². The summed E-state index contributed by atoms with van der Waals surface area (Å²) in [4.78, 5) is 32.3. The highest BCUT2D eigenvalue weighted by Gasteiger charge is 2.25. The third kappa shape index (κ3) is 5.07. The topological polar surface area (TPSA) is 74.7 Å². The number of hydrogen-bond donors (Lipinski definition) is 0. The molecule has 2 aromatic rings. The van der Waals surface area contributed by atoms with E-state index in [4.69, 9.17) is 4.74 Å². The smallest absolute Gasteiger partial charge is 0.274 e. The van der Waals surface area contributed by atoms with Gasteiger partial charge in [-0.15, -0.1) is 0 Å². The van der Waals surface area contributed by atoms with Crippen LogP contribution in [0, 0.1) is 0 Å². The van der Waals surface area contributed by atoms with Crippen molar-refractivity contribution in [3.63, 3.8) is 0 Å². The minimum absolute atomic E-state index is 0.0348. The minimum atomic E-state index is -0.0348. The molecule has 154 valence electrons. The van der Waals surface area contributed by atoms with Gasteiger partial charge in [0.15, 0.2) is 0 Å². The second-order valence-electron chi connectivity index (χ2n) is 7.70. The van der Waals surface area contributed by atoms with E-state index in [0.29, 0.717) is 12.3 Å². The molecule has 1 amide bonds. The van der Waals surface area contributed by atoms with Gasteiger partial charge in [0, 0.05) is 45.5 Å². The van der Waals surface area contributed by atoms with Gasteiger partial charge in [-0.2, -0.15) is 0 Å². The number of amides is 1. The van der Waals surface area contributed by atoms with Gasteiger partial charge in [0.05, 0.1) is 30.8 Å². The van der Waals surface area contributed by atoms with Crippen LogP contribution < -0.4 is 4.90 Å². The molecule has 0 spiro atoms. The molecule has 0 N–H and O–H groups in total. The van der Waals surface area contributed by atoms with E-state index < -0.39 is 0 Å². The normalized spacial score (nSPS) is 20.7. The fourth-order valence-electron chi connectivity index (χ4n) is 3.75. The maximum atomic E-state index is 12.8. The lowest BCUT2D eigenvalue weighted by Gasteiger charge is -2.34. The van der Waals surface area contributed by atoms with E-state index in [1.54, 1.807) is 18.6 Å². The van der Waals surface area contributed by atoms with Crippen molar-refractivity contribution in [2.75, 3.05) is 51.2 Å². The largest absolute Gasteiger partial charge is 0.370 e. The molecule has 2 aliphatic heterocycles. The zero-order valence-corrected chi connectivity index (χ0v) is 16.9. The number of ether oxygens (including phenoxy) is 1. The Labute approximate surface area is 171 Å². The van der Waals surface area contributed by atoms with Gasteiger partial charge < -0.3 is 19.4 Å². The standard InChI is InChI=1S/C21H28N6O2/c1-25-9-11-26(12-10-25)21(28)19-13-22-14-20(24-19)27-8-4-6-18(15-27)29-16-17-5-2-3-7-23-17/h2-3,5,7,13-14,18H,4,6,8-12,15-16H2,1H3. The van der Waals surface area contributed by atoms with Gasteiger partial charge >= 0.3 is 0 Å². The van der Waals surface area contributed by atoms with Crippen LogP contribution in [0.15, 0.2) is 36.8 Å². The fourth-order valence-corrected chi connectivity index (χ4v) is 3.75. The number of pyridine rings is 1. The molecule has 0 aliphatic carbocycles. The molecule has 29 heavy (non-hydrogen) atoms. The minimum Gasteiger partial charge on any atom is -0.370 e. The maximum Gasteiger partial charge on any atom is 0.274 e. The summed E-state index contributed by atoms with van der Waals surface area (Å²) < 4.78 is 6.07. The Bertz CT molecular complexity index is 810. The molecule has 4 rings (SSSR count). The van der Waals surface area contributed by atoms with Crippen LogP contribution in [0.3, 0.4) is 0 Å². The van der Waals surface area contributed by atoms with Crippen molar-refractivity contribution < 1.29 is 9.53 Å². The number of piperazine rings is 1. The van der Waals surface area contributed by atoms with E-state index in [-0.39, 0.29) is 12.0 Å². The molecule has 0 radical (unpaired) electrons. The number of piperidine rings is 1. The monoisotopic (exact) mass is 396 g/mol. The van der Waals surface area contributed by atoms with Crippen molar-refractivity contribution in [2.24, 2.45) is 0 Å². The average Bonchev–Trinajstić information content (AvgIpc) is 2.79. The molecule has 2 fully saturated rings. The summed E-state index contributed by atoms with van der Waals surface area (Å²) in [5, 5.41) is 0. The van der Waals surface area contributed by atoms with E-state index in [9.17, 15) is 4.79 Å². The van der Waals surface area contributed by atoms with Gasteiger partial charge in [-0.05, 0) is 32.0 Å². The Balaban J connectivity index is 1.37. The van der Waals surface area contributed by atoms with E-state index in [0.717, 1.165) is 63.6 Å². The highest BCUT2D eigenvalue weighted by Crippen LogP contribution is 2.20. The number of hydrogen-bond acceptors (Lipinski definition) is 7. The zero-order chi connectivity index (χ0) is 20.1. The molecular weight excluding hydrogens is 368 g/mol. The van der Waals surface area contributed by atoms with Crippen LogP contribution in [0.2, 0.25) is 0 Å². The highest BCUT2D eigenvalue weighted by molar-refractivity contribution is 5.92. The van der Waals surface area contributed by atoms with E-state index in [1.165, 1.54) is 0 Å². The molecule has 8 heteroatoms. The van der Waals surface area contributed by atoms with Crippen LogP contribution >= 0.6 is 0 Å². The second kappa shape index (κ2) is 9.28. The van der Waals surface area contributed by atoms with Crippen molar-refractivity contribution in [3.8, 4) is 0 Å². The lowest BCUT2D eigenvalue weighted by atomic mass is 10.1. The van der Waals surface area contributed by atoms with Crippen molar-refractivity contribution >= 4 is 11.7 Å². The lowest BCUT2D eigenvalue weighted by Crippen LogP contribution is -2.47. The Morgan fingerprint density at radius 3 is 2.83 bits per heavy atom. The van der Waals surface area contributed by atoms with Gasteiger partial charge in [0.25, 0.3) is 5.91 Å². The predicted molar refractivity (Wildman–Crippen MR) is 110 cm³/mol. The Morgan fingerprint density at radius 2 is 2.03 bits per heavy atom. The summed E-state index contributed by atoms with van der Waals surface area (Å²) in [5.41, 5.74) is 1.35. The number of rotatable bonds is 5. The van der Waals surface area contributed by atoms with Crippen molar-refractivity contribution in [1.29, 1.82) is 0 Å². The van der Waals surface area contributed by atoms with Gasteiger partial charge in [0.2, 0.25) is 0 Å².